The molecule has 1 aromatic carbocycles. The van der Waals surface area contributed by atoms with Crippen LogP contribution in [0.15, 0.2) is 12.1 Å². The molecule has 4 rings (SSSR count). The van der Waals surface area contributed by atoms with Gasteiger partial charge in [-0.15, -0.1) is 11.8 Å². The number of thioether (sulfide) groups is 1. The number of hydrogen-bond donors (Lipinski definition) is 2. The molecule has 0 radical (unpaired) electrons. The first-order valence-corrected chi connectivity index (χ1v) is 7.90. The third-order valence-corrected chi connectivity index (χ3v) is 6.10. The lowest BCUT2D eigenvalue weighted by Gasteiger charge is -2.32. The SMILES string of the molecule is NC1S[C@]12COc1cc(N3CCCC3)c(F)cc1C2N. The summed E-state index contributed by atoms with van der Waals surface area (Å²) in [5.41, 5.74) is 13.6. The lowest BCUT2D eigenvalue weighted by molar-refractivity contribution is 0.235. The van der Waals surface area contributed by atoms with Gasteiger partial charge < -0.3 is 21.1 Å². The number of benzene rings is 1. The second-order valence-corrected chi connectivity index (χ2v) is 7.30. The second kappa shape index (κ2) is 4.26. The van der Waals surface area contributed by atoms with Gasteiger partial charge in [0, 0.05) is 24.7 Å². The van der Waals surface area contributed by atoms with Crippen molar-refractivity contribution < 1.29 is 9.13 Å². The van der Waals surface area contributed by atoms with E-state index in [1.54, 1.807) is 23.9 Å². The number of fused-ring (bicyclic) bond motifs is 1. The Kier molecular flexibility index (Phi) is 2.71. The zero-order valence-electron chi connectivity index (χ0n) is 11.1. The maximum Gasteiger partial charge on any atom is 0.147 e. The topological polar surface area (TPSA) is 64.5 Å². The molecule has 2 fully saturated rings. The van der Waals surface area contributed by atoms with E-state index in [4.69, 9.17) is 16.2 Å². The number of rotatable bonds is 1. The Morgan fingerprint density at radius 1 is 1.30 bits per heavy atom. The number of nitrogens with zero attached hydrogens (tertiary/aromatic N) is 1. The Bertz CT molecular complexity index is 564. The van der Waals surface area contributed by atoms with E-state index in [9.17, 15) is 4.39 Å². The smallest absolute Gasteiger partial charge is 0.147 e. The van der Waals surface area contributed by atoms with Crippen LogP contribution in [0.2, 0.25) is 0 Å². The van der Waals surface area contributed by atoms with Crippen molar-refractivity contribution in [1.29, 1.82) is 0 Å². The van der Waals surface area contributed by atoms with E-state index in [1.165, 1.54) is 0 Å². The summed E-state index contributed by atoms with van der Waals surface area (Å²) >= 11 is 1.62. The molecule has 2 saturated heterocycles. The molecule has 3 aliphatic heterocycles. The van der Waals surface area contributed by atoms with Crippen LogP contribution < -0.4 is 21.1 Å². The van der Waals surface area contributed by atoms with Crippen molar-refractivity contribution in [1.82, 2.24) is 0 Å². The predicted octanol–water partition coefficient (Wildman–Crippen LogP) is 1.59. The summed E-state index contributed by atoms with van der Waals surface area (Å²) in [5.74, 6) is 0.507. The molecule has 6 heteroatoms. The van der Waals surface area contributed by atoms with Crippen LogP contribution in [0, 0.1) is 5.82 Å². The summed E-state index contributed by atoms with van der Waals surface area (Å²) in [6, 6.07) is 3.09. The van der Waals surface area contributed by atoms with Gasteiger partial charge in [-0.25, -0.2) is 4.39 Å². The fourth-order valence-electron chi connectivity index (χ4n) is 3.24. The minimum Gasteiger partial charge on any atom is -0.492 e. The molecule has 20 heavy (non-hydrogen) atoms. The number of nitrogens with two attached hydrogens (primary N) is 2. The first kappa shape index (κ1) is 12.7. The normalized spacial score (nSPS) is 35.0. The van der Waals surface area contributed by atoms with Crippen molar-refractivity contribution in [3.05, 3.63) is 23.5 Å². The maximum atomic E-state index is 14.4. The molecule has 0 saturated carbocycles. The molecule has 1 spiro atoms. The zero-order chi connectivity index (χ0) is 13.9. The van der Waals surface area contributed by atoms with E-state index in [1.807, 2.05) is 0 Å². The van der Waals surface area contributed by atoms with Crippen molar-refractivity contribution in [3.8, 4) is 5.75 Å². The van der Waals surface area contributed by atoms with Gasteiger partial charge >= 0.3 is 0 Å². The first-order chi connectivity index (χ1) is 9.62. The molecule has 4 N–H and O–H groups in total. The highest BCUT2D eigenvalue weighted by Gasteiger charge is 2.61. The van der Waals surface area contributed by atoms with Crippen molar-refractivity contribution in [2.24, 2.45) is 11.5 Å². The summed E-state index contributed by atoms with van der Waals surface area (Å²) < 4.78 is 19.9. The van der Waals surface area contributed by atoms with Crippen molar-refractivity contribution >= 4 is 17.4 Å². The minimum atomic E-state index is -0.256. The molecule has 3 atom stereocenters. The van der Waals surface area contributed by atoms with Crippen LogP contribution >= 0.6 is 11.8 Å². The highest BCUT2D eigenvalue weighted by molar-refractivity contribution is 8.08. The fourth-order valence-corrected chi connectivity index (χ4v) is 4.26. The molecule has 1 aromatic rings. The van der Waals surface area contributed by atoms with Gasteiger partial charge in [-0.2, -0.15) is 0 Å². The van der Waals surface area contributed by atoms with Crippen LogP contribution in [0.1, 0.15) is 24.4 Å². The van der Waals surface area contributed by atoms with E-state index < -0.39 is 0 Å². The monoisotopic (exact) mass is 295 g/mol. The van der Waals surface area contributed by atoms with E-state index in [2.05, 4.69) is 4.90 Å². The molecule has 2 unspecified atom stereocenters. The summed E-state index contributed by atoms with van der Waals surface area (Å²) in [7, 11) is 0. The van der Waals surface area contributed by atoms with Gasteiger partial charge in [-0.1, -0.05) is 0 Å². The largest absolute Gasteiger partial charge is 0.492 e. The molecule has 0 aliphatic carbocycles. The lowest BCUT2D eigenvalue weighted by Crippen LogP contribution is -2.42. The summed E-state index contributed by atoms with van der Waals surface area (Å²) in [6.45, 7) is 2.33. The summed E-state index contributed by atoms with van der Waals surface area (Å²) in [6.07, 6.45) is 2.23. The maximum absolute atomic E-state index is 14.4. The molecule has 108 valence electrons. The van der Waals surface area contributed by atoms with Crippen LogP contribution in [0.25, 0.3) is 0 Å². The first-order valence-electron chi connectivity index (χ1n) is 7.02. The average Bonchev–Trinajstić information content (AvgIpc) is 2.87. The highest BCUT2D eigenvalue weighted by atomic mass is 32.2. The minimum absolute atomic E-state index is 0.00744. The fraction of sp³-hybridized carbons (Fsp3) is 0.571. The molecule has 0 amide bonds. The molecule has 4 nitrogen and oxygen atoms in total. The number of halogens is 1. The average molecular weight is 295 g/mol. The molecular weight excluding hydrogens is 277 g/mol. The molecular formula is C14H18FN3OS. The Hall–Kier alpha value is -0.980. The van der Waals surface area contributed by atoms with Crippen molar-refractivity contribution in [2.45, 2.75) is 29.0 Å². The Morgan fingerprint density at radius 2 is 2.00 bits per heavy atom. The Labute approximate surface area is 121 Å². The number of ether oxygens (including phenoxy) is 1. The molecule has 0 bridgehead atoms. The van der Waals surface area contributed by atoms with Gasteiger partial charge in [0.2, 0.25) is 0 Å². The third kappa shape index (κ3) is 1.68. The van der Waals surface area contributed by atoms with Gasteiger partial charge in [-0.05, 0) is 18.9 Å². The standard InChI is InChI=1S/C14H18FN3OS/c15-9-5-8-11(6-10(9)18-3-1-2-4-18)19-7-14(12(8)16)13(17)20-14/h5-6,12-13H,1-4,7,16-17H2/t12?,13?,14-/m0/s1. The molecule has 3 heterocycles. The van der Waals surface area contributed by atoms with Gasteiger partial charge in [0.05, 0.1) is 21.9 Å². The van der Waals surface area contributed by atoms with Crippen LogP contribution in [-0.4, -0.2) is 29.8 Å². The molecule has 0 aromatic heterocycles. The zero-order valence-corrected chi connectivity index (χ0v) is 12.0. The quantitative estimate of drug-likeness (QED) is 0.770. The van der Waals surface area contributed by atoms with Crippen LogP contribution in [-0.2, 0) is 0 Å². The van der Waals surface area contributed by atoms with Crippen LogP contribution in [0.5, 0.6) is 5.75 Å². The second-order valence-electron chi connectivity index (χ2n) is 5.80. The van der Waals surface area contributed by atoms with Crippen LogP contribution in [0.3, 0.4) is 0 Å². The van der Waals surface area contributed by atoms with Gasteiger partial charge in [0.1, 0.15) is 18.2 Å². The highest BCUT2D eigenvalue weighted by Crippen LogP contribution is 2.60. The Balaban J connectivity index is 1.72. The van der Waals surface area contributed by atoms with Crippen LogP contribution in [0.4, 0.5) is 10.1 Å². The van der Waals surface area contributed by atoms with E-state index in [0.717, 1.165) is 31.5 Å². The lowest BCUT2D eigenvalue weighted by atomic mass is 9.91. The summed E-state index contributed by atoms with van der Waals surface area (Å²) in [4.78, 5) is 2.08. The van der Waals surface area contributed by atoms with Crippen molar-refractivity contribution in [3.63, 3.8) is 0 Å². The third-order valence-electron chi connectivity index (χ3n) is 4.61. The number of anilines is 1. The van der Waals surface area contributed by atoms with E-state index in [-0.39, 0.29) is 22.0 Å². The Morgan fingerprint density at radius 3 is 2.65 bits per heavy atom. The van der Waals surface area contributed by atoms with E-state index >= 15 is 0 Å². The van der Waals surface area contributed by atoms with Gasteiger partial charge in [0.25, 0.3) is 0 Å². The molecule has 3 aliphatic rings. The predicted molar refractivity (Wildman–Crippen MR) is 78.6 cm³/mol. The van der Waals surface area contributed by atoms with E-state index in [0.29, 0.717) is 18.0 Å². The van der Waals surface area contributed by atoms with Crippen molar-refractivity contribution in [2.75, 3.05) is 24.6 Å². The van der Waals surface area contributed by atoms with Gasteiger partial charge in [0.15, 0.2) is 0 Å². The van der Waals surface area contributed by atoms with Gasteiger partial charge in [-0.3, -0.25) is 0 Å². The number of hydrogen-bond acceptors (Lipinski definition) is 5. The summed E-state index contributed by atoms with van der Waals surface area (Å²) in [5, 5.41) is -0.00744.